The van der Waals surface area contributed by atoms with Crippen molar-refractivity contribution in [3.05, 3.63) is 59.2 Å². The molecule has 4 nitrogen and oxygen atoms in total. The van der Waals surface area contributed by atoms with E-state index in [9.17, 15) is 4.79 Å². The van der Waals surface area contributed by atoms with Crippen LogP contribution >= 0.6 is 0 Å². The summed E-state index contributed by atoms with van der Waals surface area (Å²) in [4.78, 5) is 13.4. The molecular formula is C29H40O4. The van der Waals surface area contributed by atoms with Gasteiger partial charge in [0, 0.05) is 5.56 Å². The minimum Gasteiger partial charge on any atom is -0.493 e. The first kappa shape index (κ1) is 26.5. The number of hydrogen-bond donors (Lipinski definition) is 0. The van der Waals surface area contributed by atoms with Crippen LogP contribution in [0.15, 0.2) is 42.5 Å². The summed E-state index contributed by atoms with van der Waals surface area (Å²) in [6.45, 7) is 16.4. The summed E-state index contributed by atoms with van der Waals surface area (Å²) in [5.41, 5.74) is 2.56. The molecule has 0 unspecified atom stereocenters. The highest BCUT2D eigenvalue weighted by molar-refractivity contribution is 6.10. The Morgan fingerprint density at radius 2 is 1.30 bits per heavy atom. The van der Waals surface area contributed by atoms with E-state index in [1.54, 1.807) is 6.08 Å². The lowest BCUT2D eigenvalue weighted by Gasteiger charge is -2.17. The lowest BCUT2D eigenvalue weighted by Crippen LogP contribution is -2.11. The molecule has 180 valence electrons. The molecule has 0 radical (unpaired) electrons. The van der Waals surface area contributed by atoms with E-state index < -0.39 is 0 Å². The summed E-state index contributed by atoms with van der Waals surface area (Å²) in [5.74, 6) is 2.86. The average Bonchev–Trinajstić information content (AvgIpc) is 2.78. The Morgan fingerprint density at radius 1 is 0.788 bits per heavy atom. The molecule has 0 amide bonds. The van der Waals surface area contributed by atoms with Crippen molar-refractivity contribution >= 4 is 11.9 Å². The van der Waals surface area contributed by atoms with Crippen molar-refractivity contribution in [3.63, 3.8) is 0 Å². The largest absolute Gasteiger partial charge is 0.493 e. The van der Waals surface area contributed by atoms with Crippen LogP contribution < -0.4 is 14.2 Å². The quantitative estimate of drug-likeness (QED) is 0.237. The second-order valence-corrected chi connectivity index (χ2v) is 9.67. The van der Waals surface area contributed by atoms with Gasteiger partial charge in [-0.15, -0.1) is 0 Å². The number of hydrogen-bond acceptors (Lipinski definition) is 4. The maximum absolute atomic E-state index is 13.4. The van der Waals surface area contributed by atoms with Gasteiger partial charge in [0.15, 0.2) is 5.78 Å². The first-order valence-corrected chi connectivity index (χ1v) is 12.1. The fraction of sp³-hybridized carbons (Fsp3) is 0.483. The van der Waals surface area contributed by atoms with Gasteiger partial charge >= 0.3 is 0 Å². The van der Waals surface area contributed by atoms with Crippen LogP contribution in [0.4, 0.5) is 0 Å². The van der Waals surface area contributed by atoms with E-state index in [1.807, 2.05) is 30.3 Å². The standard InChI is InChI=1S/C29H40O4/c1-8-23-12-15-26(31-17-20(2)3)24(16-23)13-14-25(30)29-27(32-18-21(4)5)10-9-11-28(29)33-19-22(6)7/h9-16,20-22H,8,17-19H2,1-7H3. The zero-order chi connectivity index (χ0) is 24.4. The summed E-state index contributed by atoms with van der Waals surface area (Å²) >= 11 is 0. The van der Waals surface area contributed by atoms with Gasteiger partial charge in [0.05, 0.1) is 19.8 Å². The predicted octanol–water partition coefficient (Wildman–Crippen LogP) is 7.25. The third-order valence-electron chi connectivity index (χ3n) is 4.85. The van der Waals surface area contributed by atoms with Gasteiger partial charge < -0.3 is 14.2 Å². The van der Waals surface area contributed by atoms with Gasteiger partial charge in [-0.1, -0.05) is 60.6 Å². The third kappa shape index (κ3) is 8.60. The molecule has 0 aliphatic heterocycles. The molecule has 2 rings (SSSR count). The Kier molecular flexibility index (Phi) is 10.5. The van der Waals surface area contributed by atoms with Gasteiger partial charge in [-0.3, -0.25) is 4.79 Å². The van der Waals surface area contributed by atoms with Crippen molar-refractivity contribution in [2.45, 2.75) is 54.9 Å². The number of ketones is 1. The number of aryl methyl sites for hydroxylation is 1. The predicted molar refractivity (Wildman–Crippen MR) is 137 cm³/mol. The number of benzene rings is 2. The van der Waals surface area contributed by atoms with Gasteiger partial charge in [0.25, 0.3) is 0 Å². The molecule has 0 spiro atoms. The van der Waals surface area contributed by atoms with Gasteiger partial charge in [0.2, 0.25) is 0 Å². The maximum Gasteiger partial charge on any atom is 0.193 e. The van der Waals surface area contributed by atoms with Crippen LogP contribution in [0.5, 0.6) is 17.2 Å². The molecule has 0 aromatic heterocycles. The number of carbonyl (C=O) groups excluding carboxylic acids is 1. The second kappa shape index (κ2) is 13.1. The highest BCUT2D eigenvalue weighted by Gasteiger charge is 2.18. The normalized spacial score (nSPS) is 11.6. The molecule has 0 N–H and O–H groups in total. The molecule has 0 saturated heterocycles. The van der Waals surface area contributed by atoms with Crippen molar-refractivity contribution in [1.29, 1.82) is 0 Å². The Bertz CT molecular complexity index is 895. The second-order valence-electron chi connectivity index (χ2n) is 9.67. The summed E-state index contributed by atoms with van der Waals surface area (Å²) in [6.07, 6.45) is 4.34. The van der Waals surface area contributed by atoms with Crippen LogP contribution in [0.1, 0.15) is 70.0 Å². The van der Waals surface area contributed by atoms with Crippen LogP contribution in [0, 0.1) is 17.8 Å². The van der Waals surface area contributed by atoms with Gasteiger partial charge in [-0.25, -0.2) is 0 Å². The third-order valence-corrected chi connectivity index (χ3v) is 4.85. The maximum atomic E-state index is 13.4. The van der Waals surface area contributed by atoms with Crippen molar-refractivity contribution < 1.29 is 19.0 Å². The van der Waals surface area contributed by atoms with E-state index in [0.29, 0.717) is 54.6 Å². The summed E-state index contributed by atoms with van der Waals surface area (Å²) in [7, 11) is 0. The topological polar surface area (TPSA) is 44.8 Å². The van der Waals surface area contributed by atoms with Crippen LogP contribution in [-0.2, 0) is 6.42 Å². The Morgan fingerprint density at radius 3 is 1.79 bits per heavy atom. The Balaban J connectivity index is 2.39. The Hall–Kier alpha value is -2.75. The zero-order valence-electron chi connectivity index (χ0n) is 21.3. The van der Waals surface area contributed by atoms with E-state index in [1.165, 1.54) is 5.56 Å². The monoisotopic (exact) mass is 452 g/mol. The molecule has 0 heterocycles. The molecule has 33 heavy (non-hydrogen) atoms. The fourth-order valence-corrected chi connectivity index (χ4v) is 3.09. The highest BCUT2D eigenvalue weighted by Crippen LogP contribution is 2.31. The number of rotatable bonds is 13. The molecule has 0 fully saturated rings. The number of carbonyl (C=O) groups is 1. The lowest BCUT2D eigenvalue weighted by molar-refractivity contribution is 0.103. The smallest absolute Gasteiger partial charge is 0.193 e. The fourth-order valence-electron chi connectivity index (χ4n) is 3.09. The first-order valence-electron chi connectivity index (χ1n) is 12.1. The number of ether oxygens (including phenoxy) is 3. The minimum absolute atomic E-state index is 0.148. The highest BCUT2D eigenvalue weighted by atomic mass is 16.5. The SMILES string of the molecule is CCc1ccc(OCC(C)C)c(C=CC(=O)c2c(OCC(C)C)cccc2OCC(C)C)c1. The van der Waals surface area contributed by atoms with Crippen molar-refractivity contribution in [3.8, 4) is 17.2 Å². The molecule has 2 aromatic carbocycles. The van der Waals surface area contributed by atoms with Crippen molar-refractivity contribution in [1.82, 2.24) is 0 Å². The van der Waals surface area contributed by atoms with Crippen LogP contribution in [-0.4, -0.2) is 25.6 Å². The molecule has 4 heteroatoms. The van der Waals surface area contributed by atoms with E-state index in [2.05, 4.69) is 60.6 Å². The molecular weight excluding hydrogens is 412 g/mol. The van der Waals surface area contributed by atoms with Gasteiger partial charge in [-0.2, -0.15) is 0 Å². The van der Waals surface area contributed by atoms with Crippen LogP contribution in [0.2, 0.25) is 0 Å². The molecule has 0 aliphatic carbocycles. The Labute approximate surface area is 200 Å². The molecule has 0 saturated carbocycles. The van der Waals surface area contributed by atoms with E-state index in [4.69, 9.17) is 14.2 Å². The van der Waals surface area contributed by atoms with E-state index >= 15 is 0 Å². The summed E-state index contributed by atoms with van der Waals surface area (Å²) < 4.78 is 18.0. The average molecular weight is 453 g/mol. The van der Waals surface area contributed by atoms with E-state index in [-0.39, 0.29) is 5.78 Å². The lowest BCUT2D eigenvalue weighted by atomic mass is 10.0. The molecule has 0 atom stereocenters. The number of allylic oxidation sites excluding steroid dienone is 1. The summed E-state index contributed by atoms with van der Waals surface area (Å²) in [6, 6.07) is 11.7. The van der Waals surface area contributed by atoms with Gasteiger partial charge in [0.1, 0.15) is 22.8 Å². The minimum atomic E-state index is -0.148. The molecule has 0 bridgehead atoms. The van der Waals surface area contributed by atoms with Crippen molar-refractivity contribution in [2.75, 3.05) is 19.8 Å². The van der Waals surface area contributed by atoms with Gasteiger partial charge in [-0.05, 0) is 66.2 Å². The molecule has 0 aliphatic rings. The summed E-state index contributed by atoms with van der Waals surface area (Å²) in [5, 5.41) is 0. The van der Waals surface area contributed by atoms with Crippen LogP contribution in [0.3, 0.4) is 0 Å². The van der Waals surface area contributed by atoms with Crippen molar-refractivity contribution in [2.24, 2.45) is 17.8 Å². The molecule has 2 aromatic rings. The van der Waals surface area contributed by atoms with E-state index in [0.717, 1.165) is 17.7 Å². The van der Waals surface area contributed by atoms with Crippen LogP contribution in [0.25, 0.3) is 6.08 Å². The zero-order valence-corrected chi connectivity index (χ0v) is 21.3. The first-order chi connectivity index (χ1) is 15.7.